The highest BCUT2D eigenvalue weighted by Gasteiger charge is 2.10. The molecule has 21 heavy (non-hydrogen) atoms. The number of likely N-dealkylation sites (tertiary alicyclic amines) is 1. The highest BCUT2D eigenvalue weighted by Crippen LogP contribution is 2.10. The minimum atomic E-state index is 0.444. The fourth-order valence-electron chi connectivity index (χ4n) is 2.48. The third-order valence-electron chi connectivity index (χ3n) is 3.63. The van der Waals surface area contributed by atoms with Gasteiger partial charge < -0.3 is 15.5 Å². The van der Waals surface area contributed by atoms with Gasteiger partial charge in [0.05, 0.1) is 12.5 Å². The zero-order valence-corrected chi connectivity index (χ0v) is 13.1. The molecular weight excluding hydrogens is 280 g/mol. The highest BCUT2D eigenvalue weighted by molar-refractivity contribution is 7.80. The maximum atomic E-state index is 8.63. The smallest absolute Gasteiger partial charge is 0.170 e. The van der Waals surface area contributed by atoms with Gasteiger partial charge in [-0.25, -0.2) is 0 Å². The zero-order chi connectivity index (χ0) is 14.9. The first-order valence-electron chi connectivity index (χ1n) is 7.51. The van der Waals surface area contributed by atoms with Crippen LogP contribution in [0.25, 0.3) is 0 Å². The summed E-state index contributed by atoms with van der Waals surface area (Å²) in [7, 11) is 0. The summed E-state index contributed by atoms with van der Waals surface area (Å²) < 4.78 is 0. The summed E-state index contributed by atoms with van der Waals surface area (Å²) in [6.45, 7) is 4.54. The van der Waals surface area contributed by atoms with Gasteiger partial charge in [-0.3, -0.25) is 0 Å². The molecule has 1 aliphatic rings. The Labute approximate surface area is 132 Å². The Morgan fingerprint density at radius 1 is 1.24 bits per heavy atom. The Hall–Kier alpha value is -1.64. The number of rotatable bonds is 6. The minimum Gasteiger partial charge on any atom is -0.362 e. The van der Waals surface area contributed by atoms with Crippen LogP contribution in [0.3, 0.4) is 0 Å². The van der Waals surface area contributed by atoms with Crippen LogP contribution in [-0.4, -0.2) is 36.2 Å². The summed E-state index contributed by atoms with van der Waals surface area (Å²) in [4.78, 5) is 2.51. The van der Waals surface area contributed by atoms with E-state index in [0.717, 1.165) is 30.8 Å². The topological polar surface area (TPSA) is 51.1 Å². The van der Waals surface area contributed by atoms with Crippen LogP contribution < -0.4 is 10.6 Å². The fourth-order valence-corrected chi connectivity index (χ4v) is 2.70. The van der Waals surface area contributed by atoms with Crippen molar-refractivity contribution in [3.8, 4) is 6.07 Å². The number of hydrogen-bond acceptors (Lipinski definition) is 3. The lowest BCUT2D eigenvalue weighted by Gasteiger charge is -2.15. The van der Waals surface area contributed by atoms with Crippen LogP contribution in [0, 0.1) is 11.3 Å². The van der Waals surface area contributed by atoms with Gasteiger partial charge in [-0.05, 0) is 68.8 Å². The third kappa shape index (κ3) is 5.70. The van der Waals surface area contributed by atoms with Crippen molar-refractivity contribution in [1.82, 2.24) is 10.2 Å². The number of nitrogens with zero attached hydrogens (tertiary/aromatic N) is 2. The second-order valence-electron chi connectivity index (χ2n) is 5.32. The van der Waals surface area contributed by atoms with Gasteiger partial charge in [0.15, 0.2) is 5.11 Å². The van der Waals surface area contributed by atoms with Crippen LogP contribution in [-0.2, 0) is 6.42 Å². The molecule has 0 aliphatic carbocycles. The number of benzene rings is 1. The lowest BCUT2D eigenvalue weighted by molar-refractivity contribution is 0.334. The molecule has 0 atom stereocenters. The zero-order valence-electron chi connectivity index (χ0n) is 12.3. The molecule has 0 spiro atoms. The molecular formula is C16H22N4S. The lowest BCUT2D eigenvalue weighted by atomic mass is 10.1. The van der Waals surface area contributed by atoms with Gasteiger partial charge >= 0.3 is 0 Å². The van der Waals surface area contributed by atoms with Crippen LogP contribution in [0.4, 0.5) is 5.69 Å². The predicted octanol–water partition coefficient (Wildman–Crippen LogP) is 2.52. The standard InChI is InChI=1S/C16H22N4S/c17-9-8-14-4-6-15(7-5-14)19-16(21)18-10-3-13-20-11-1-2-12-20/h4-7H,1-3,8,10-13H2,(H2,18,19,21). The highest BCUT2D eigenvalue weighted by atomic mass is 32.1. The van der Waals surface area contributed by atoms with E-state index in [4.69, 9.17) is 17.5 Å². The molecule has 1 aromatic carbocycles. The summed E-state index contributed by atoms with van der Waals surface area (Å²) in [6, 6.07) is 9.93. The van der Waals surface area contributed by atoms with E-state index in [0.29, 0.717) is 11.5 Å². The largest absolute Gasteiger partial charge is 0.362 e. The van der Waals surface area contributed by atoms with Gasteiger partial charge in [0.2, 0.25) is 0 Å². The quantitative estimate of drug-likeness (QED) is 0.625. The summed E-state index contributed by atoms with van der Waals surface area (Å²) in [5.74, 6) is 0. The summed E-state index contributed by atoms with van der Waals surface area (Å²) in [5.41, 5.74) is 1.97. The third-order valence-corrected chi connectivity index (χ3v) is 3.88. The van der Waals surface area contributed by atoms with Crippen molar-refractivity contribution in [3.63, 3.8) is 0 Å². The molecule has 2 N–H and O–H groups in total. The monoisotopic (exact) mass is 302 g/mol. The predicted molar refractivity (Wildman–Crippen MR) is 90.3 cm³/mol. The van der Waals surface area contributed by atoms with E-state index in [-0.39, 0.29) is 0 Å². The van der Waals surface area contributed by atoms with Gasteiger partial charge in [-0.15, -0.1) is 0 Å². The van der Waals surface area contributed by atoms with Crippen molar-refractivity contribution in [2.45, 2.75) is 25.7 Å². The number of nitriles is 1. The fraction of sp³-hybridized carbons (Fsp3) is 0.500. The second kappa shape index (κ2) is 8.60. The average molecular weight is 302 g/mol. The van der Waals surface area contributed by atoms with Crippen LogP contribution in [0.5, 0.6) is 0 Å². The van der Waals surface area contributed by atoms with Crippen LogP contribution >= 0.6 is 12.2 Å². The van der Waals surface area contributed by atoms with Crippen molar-refractivity contribution in [2.24, 2.45) is 0 Å². The molecule has 112 valence electrons. The van der Waals surface area contributed by atoms with Gasteiger partial charge in [0, 0.05) is 12.2 Å². The maximum absolute atomic E-state index is 8.63. The van der Waals surface area contributed by atoms with Gasteiger partial charge in [0.1, 0.15) is 0 Å². The SMILES string of the molecule is N#CCc1ccc(NC(=S)NCCCN2CCCC2)cc1. The van der Waals surface area contributed by atoms with Crippen molar-refractivity contribution < 1.29 is 0 Å². The Morgan fingerprint density at radius 2 is 1.95 bits per heavy atom. The van der Waals surface area contributed by atoms with E-state index in [2.05, 4.69) is 21.6 Å². The van der Waals surface area contributed by atoms with E-state index >= 15 is 0 Å². The number of anilines is 1. The van der Waals surface area contributed by atoms with Crippen LogP contribution in [0.1, 0.15) is 24.8 Å². The first kappa shape index (κ1) is 15.7. The van der Waals surface area contributed by atoms with Crippen molar-refractivity contribution in [3.05, 3.63) is 29.8 Å². The van der Waals surface area contributed by atoms with E-state index in [1.165, 1.54) is 25.9 Å². The van der Waals surface area contributed by atoms with Gasteiger partial charge in [0.25, 0.3) is 0 Å². The molecule has 5 heteroatoms. The molecule has 1 aliphatic heterocycles. The Bertz CT molecular complexity index is 486. The first-order chi connectivity index (χ1) is 10.3. The molecule has 1 heterocycles. The first-order valence-corrected chi connectivity index (χ1v) is 7.92. The molecule has 0 radical (unpaired) electrons. The van der Waals surface area contributed by atoms with E-state index in [1.807, 2.05) is 24.3 Å². The normalized spacial score (nSPS) is 14.6. The van der Waals surface area contributed by atoms with Crippen molar-refractivity contribution in [2.75, 3.05) is 31.5 Å². The molecule has 0 aromatic heterocycles. The molecule has 0 bridgehead atoms. The van der Waals surface area contributed by atoms with Gasteiger partial charge in [-0.1, -0.05) is 12.1 Å². The van der Waals surface area contributed by atoms with E-state index < -0.39 is 0 Å². The molecule has 0 amide bonds. The van der Waals surface area contributed by atoms with E-state index in [1.54, 1.807) is 0 Å². The number of thiocarbonyl (C=S) groups is 1. The molecule has 1 saturated heterocycles. The van der Waals surface area contributed by atoms with Crippen molar-refractivity contribution >= 4 is 23.0 Å². The number of nitrogens with one attached hydrogen (secondary N) is 2. The Balaban J connectivity index is 1.63. The molecule has 0 saturated carbocycles. The molecule has 0 unspecified atom stereocenters. The van der Waals surface area contributed by atoms with Gasteiger partial charge in [-0.2, -0.15) is 5.26 Å². The second-order valence-corrected chi connectivity index (χ2v) is 5.72. The molecule has 4 nitrogen and oxygen atoms in total. The molecule has 1 aromatic rings. The molecule has 2 rings (SSSR count). The van der Waals surface area contributed by atoms with Crippen LogP contribution in [0.2, 0.25) is 0 Å². The Morgan fingerprint density at radius 3 is 2.62 bits per heavy atom. The summed E-state index contributed by atoms with van der Waals surface area (Å²) in [6.07, 6.45) is 4.24. The average Bonchev–Trinajstić information content (AvgIpc) is 2.99. The maximum Gasteiger partial charge on any atom is 0.170 e. The Kier molecular flexibility index (Phi) is 6.45. The number of hydrogen-bond donors (Lipinski definition) is 2. The summed E-state index contributed by atoms with van der Waals surface area (Å²) >= 11 is 5.28. The van der Waals surface area contributed by atoms with E-state index in [9.17, 15) is 0 Å². The van der Waals surface area contributed by atoms with Crippen LogP contribution in [0.15, 0.2) is 24.3 Å². The van der Waals surface area contributed by atoms with Crippen molar-refractivity contribution in [1.29, 1.82) is 5.26 Å². The summed E-state index contributed by atoms with van der Waals surface area (Å²) in [5, 5.41) is 15.7. The molecule has 1 fully saturated rings. The lowest BCUT2D eigenvalue weighted by Crippen LogP contribution is -2.31. The minimum absolute atomic E-state index is 0.444.